The molecule has 182 valence electrons. The van der Waals surface area contributed by atoms with E-state index < -0.39 is 0 Å². The van der Waals surface area contributed by atoms with Gasteiger partial charge in [0.05, 0.1) is 0 Å². The van der Waals surface area contributed by atoms with Crippen molar-refractivity contribution in [1.82, 2.24) is 9.88 Å². The van der Waals surface area contributed by atoms with E-state index in [1.165, 1.54) is 0 Å². The van der Waals surface area contributed by atoms with E-state index in [9.17, 15) is 10.1 Å². The Morgan fingerprint density at radius 1 is 1.03 bits per heavy atom. The van der Waals surface area contributed by atoms with Gasteiger partial charge >= 0.3 is 0 Å². The number of anilines is 1. The number of piperazine rings is 1. The molecule has 0 radical (unpaired) electrons. The number of aryl methyl sites for hydroxylation is 2. The fourth-order valence-electron chi connectivity index (χ4n) is 4.22. The van der Waals surface area contributed by atoms with Crippen LogP contribution >= 0.6 is 0 Å². The highest BCUT2D eigenvalue weighted by Crippen LogP contribution is 2.30. The number of para-hydroxylation sites is 1. The van der Waals surface area contributed by atoms with Gasteiger partial charge in [-0.2, -0.15) is 10.2 Å². The van der Waals surface area contributed by atoms with Gasteiger partial charge in [0.15, 0.2) is 5.76 Å². The maximum Gasteiger partial charge on any atom is 0.266 e. The van der Waals surface area contributed by atoms with Crippen LogP contribution in [0.5, 0.6) is 5.75 Å². The second-order valence-electron chi connectivity index (χ2n) is 8.75. The lowest BCUT2D eigenvalue weighted by Gasteiger charge is -2.34. The summed E-state index contributed by atoms with van der Waals surface area (Å²) in [6.45, 7) is 6.34. The number of benzene rings is 2. The smallest absolute Gasteiger partial charge is 0.266 e. The number of amides is 1. The Labute approximate surface area is 209 Å². The molecule has 36 heavy (non-hydrogen) atoms. The molecule has 5 rings (SSSR count). The zero-order valence-corrected chi connectivity index (χ0v) is 20.2. The predicted molar refractivity (Wildman–Crippen MR) is 134 cm³/mol. The summed E-state index contributed by atoms with van der Waals surface area (Å²) < 4.78 is 17.7. The van der Waals surface area contributed by atoms with Gasteiger partial charge in [0.25, 0.3) is 11.8 Å². The zero-order chi connectivity index (χ0) is 25.1. The van der Waals surface area contributed by atoms with Gasteiger partial charge in [-0.15, -0.1) is 0 Å². The average Bonchev–Trinajstić information content (AvgIpc) is 3.55. The summed E-state index contributed by atoms with van der Waals surface area (Å²) in [7, 11) is 0. The van der Waals surface area contributed by atoms with E-state index in [-0.39, 0.29) is 24.1 Å². The van der Waals surface area contributed by atoms with Gasteiger partial charge in [-0.25, -0.2) is 0 Å². The molecule has 1 aliphatic rings. The van der Waals surface area contributed by atoms with E-state index in [1.807, 2.05) is 72.2 Å². The molecule has 1 amide bonds. The third kappa shape index (κ3) is 4.82. The SMILES string of the molecule is Cc1cccc(C(=O)N2CCN(c3oc(-c4ccc(COc5ccccc5C)o4)nc3C#N)CC2)c1. The fraction of sp³-hybridized carbons (Fsp3) is 0.250. The van der Waals surface area contributed by atoms with Gasteiger partial charge in [-0.05, 0) is 49.7 Å². The summed E-state index contributed by atoms with van der Waals surface area (Å²) in [5, 5.41) is 9.65. The lowest BCUT2D eigenvalue weighted by molar-refractivity contribution is 0.0745. The lowest BCUT2D eigenvalue weighted by atomic mass is 10.1. The number of ether oxygens (including phenoxy) is 1. The molecule has 1 saturated heterocycles. The van der Waals surface area contributed by atoms with Crippen molar-refractivity contribution in [3.05, 3.63) is 88.8 Å². The van der Waals surface area contributed by atoms with E-state index in [0.29, 0.717) is 49.1 Å². The molecule has 2 aromatic carbocycles. The number of rotatable bonds is 6. The monoisotopic (exact) mass is 482 g/mol. The highest BCUT2D eigenvalue weighted by Gasteiger charge is 2.27. The van der Waals surface area contributed by atoms with Gasteiger partial charge < -0.3 is 23.4 Å². The molecule has 4 aromatic rings. The number of aromatic nitrogens is 1. The van der Waals surface area contributed by atoms with Crippen molar-refractivity contribution in [2.24, 2.45) is 0 Å². The number of carbonyl (C=O) groups is 1. The molecule has 1 fully saturated rings. The van der Waals surface area contributed by atoms with E-state index in [0.717, 1.165) is 16.9 Å². The molecule has 8 nitrogen and oxygen atoms in total. The molecule has 0 N–H and O–H groups in total. The topological polar surface area (TPSA) is 95.7 Å². The Hall–Kier alpha value is -4.51. The van der Waals surface area contributed by atoms with Crippen LogP contribution in [0.3, 0.4) is 0 Å². The first-order valence-electron chi connectivity index (χ1n) is 11.8. The molecule has 2 aromatic heterocycles. The second kappa shape index (κ2) is 10.0. The number of nitrogens with zero attached hydrogens (tertiary/aromatic N) is 4. The van der Waals surface area contributed by atoms with Crippen LogP contribution in [0, 0.1) is 25.2 Å². The molecule has 0 atom stereocenters. The quantitative estimate of drug-likeness (QED) is 0.383. The first-order chi connectivity index (χ1) is 17.5. The normalized spacial score (nSPS) is 13.5. The number of nitriles is 1. The summed E-state index contributed by atoms with van der Waals surface area (Å²) in [5.74, 6) is 2.48. The van der Waals surface area contributed by atoms with Crippen molar-refractivity contribution in [1.29, 1.82) is 5.26 Å². The first kappa shape index (κ1) is 23.2. The maximum absolute atomic E-state index is 12.9. The van der Waals surface area contributed by atoms with Crippen molar-refractivity contribution in [3.8, 4) is 23.5 Å². The second-order valence-corrected chi connectivity index (χ2v) is 8.75. The first-order valence-corrected chi connectivity index (χ1v) is 11.8. The standard InChI is InChI=1S/C28H26N4O4/c1-19-6-5-8-21(16-19)27(33)31-12-14-32(15-13-31)28-23(17-29)30-26(36-28)25-11-10-22(35-25)18-34-24-9-4-3-7-20(24)2/h3-11,16H,12-15,18H2,1-2H3. The molecular weight excluding hydrogens is 456 g/mol. The molecule has 0 bridgehead atoms. The van der Waals surface area contributed by atoms with Crippen LogP contribution in [-0.2, 0) is 6.61 Å². The molecule has 8 heteroatoms. The van der Waals surface area contributed by atoms with Crippen LogP contribution < -0.4 is 9.64 Å². The third-order valence-corrected chi connectivity index (χ3v) is 6.17. The van der Waals surface area contributed by atoms with Crippen molar-refractivity contribution >= 4 is 11.8 Å². The van der Waals surface area contributed by atoms with Crippen molar-refractivity contribution in [3.63, 3.8) is 0 Å². The summed E-state index contributed by atoms with van der Waals surface area (Å²) in [6, 6.07) is 21.0. The summed E-state index contributed by atoms with van der Waals surface area (Å²) in [6.07, 6.45) is 0. The molecule has 0 aliphatic carbocycles. The van der Waals surface area contributed by atoms with E-state index in [2.05, 4.69) is 11.1 Å². The molecule has 1 aliphatic heterocycles. The van der Waals surface area contributed by atoms with Crippen molar-refractivity contribution < 1.29 is 18.4 Å². The number of hydrogen-bond donors (Lipinski definition) is 0. The lowest BCUT2D eigenvalue weighted by Crippen LogP contribution is -2.48. The van der Waals surface area contributed by atoms with Crippen LogP contribution in [-0.4, -0.2) is 42.0 Å². The predicted octanol–water partition coefficient (Wildman–Crippen LogP) is 4.96. The Kier molecular flexibility index (Phi) is 6.46. The minimum absolute atomic E-state index is 0.00754. The summed E-state index contributed by atoms with van der Waals surface area (Å²) in [4.78, 5) is 21.0. The van der Waals surface area contributed by atoms with Gasteiger partial charge in [-0.1, -0.05) is 35.9 Å². The average molecular weight is 483 g/mol. The Bertz CT molecular complexity index is 1420. The summed E-state index contributed by atoms with van der Waals surface area (Å²) in [5.41, 5.74) is 2.97. The van der Waals surface area contributed by atoms with E-state index in [1.54, 1.807) is 12.1 Å². The zero-order valence-electron chi connectivity index (χ0n) is 20.2. The van der Waals surface area contributed by atoms with E-state index in [4.69, 9.17) is 13.6 Å². The Morgan fingerprint density at radius 3 is 2.58 bits per heavy atom. The van der Waals surface area contributed by atoms with Gasteiger partial charge in [0, 0.05) is 31.7 Å². The van der Waals surface area contributed by atoms with Gasteiger partial charge in [0.1, 0.15) is 24.2 Å². The van der Waals surface area contributed by atoms with Crippen LogP contribution in [0.4, 0.5) is 5.88 Å². The molecule has 3 heterocycles. The molecular formula is C28H26N4O4. The number of furan rings is 1. The maximum atomic E-state index is 12.9. The van der Waals surface area contributed by atoms with Gasteiger partial charge in [0.2, 0.25) is 11.6 Å². The Balaban J connectivity index is 1.25. The van der Waals surface area contributed by atoms with Gasteiger partial charge in [-0.3, -0.25) is 4.79 Å². The molecule has 0 saturated carbocycles. The molecule has 0 unspecified atom stereocenters. The largest absolute Gasteiger partial charge is 0.485 e. The summed E-state index contributed by atoms with van der Waals surface area (Å²) >= 11 is 0. The van der Waals surface area contributed by atoms with E-state index >= 15 is 0 Å². The van der Waals surface area contributed by atoms with Crippen molar-refractivity contribution in [2.45, 2.75) is 20.5 Å². The number of hydrogen-bond acceptors (Lipinski definition) is 7. The Morgan fingerprint density at radius 2 is 1.83 bits per heavy atom. The van der Waals surface area contributed by atoms with Crippen LogP contribution in [0.25, 0.3) is 11.7 Å². The van der Waals surface area contributed by atoms with Crippen LogP contribution in [0.2, 0.25) is 0 Å². The number of carbonyl (C=O) groups excluding carboxylic acids is 1. The van der Waals surface area contributed by atoms with Crippen LogP contribution in [0.15, 0.2) is 69.5 Å². The minimum atomic E-state index is 0.00754. The minimum Gasteiger partial charge on any atom is -0.485 e. The highest BCUT2D eigenvalue weighted by molar-refractivity contribution is 5.94. The molecule has 0 spiro atoms. The number of oxazole rings is 1. The van der Waals surface area contributed by atoms with Crippen molar-refractivity contribution in [2.75, 3.05) is 31.1 Å². The fourth-order valence-corrected chi connectivity index (χ4v) is 4.22. The van der Waals surface area contributed by atoms with Crippen LogP contribution in [0.1, 0.15) is 32.9 Å². The highest BCUT2D eigenvalue weighted by atomic mass is 16.5. The third-order valence-electron chi connectivity index (χ3n) is 6.17.